The second-order valence-electron chi connectivity index (χ2n) is 4.62. The van der Waals surface area contributed by atoms with E-state index in [2.05, 4.69) is 22.1 Å². The average molecular weight is 220 g/mol. The van der Waals surface area contributed by atoms with Crippen LogP contribution in [0.3, 0.4) is 0 Å². The molecule has 2 heterocycles. The summed E-state index contributed by atoms with van der Waals surface area (Å²) in [6, 6.07) is 0.473. The maximum Gasteiger partial charge on any atom is 0.222 e. The number of fused-ring (bicyclic) bond motifs is 1. The van der Waals surface area contributed by atoms with Gasteiger partial charge in [0.25, 0.3) is 0 Å². The number of rotatable bonds is 2. The van der Waals surface area contributed by atoms with Crippen LogP contribution in [0.4, 0.5) is 0 Å². The van der Waals surface area contributed by atoms with E-state index in [1.165, 1.54) is 0 Å². The van der Waals surface area contributed by atoms with Gasteiger partial charge in [0.05, 0.1) is 0 Å². The van der Waals surface area contributed by atoms with E-state index in [-0.39, 0.29) is 0 Å². The average Bonchev–Trinajstić information content (AvgIpc) is 2.32. The minimum absolute atomic E-state index is 0.334. The van der Waals surface area contributed by atoms with Crippen molar-refractivity contribution in [3.8, 4) is 11.8 Å². The summed E-state index contributed by atoms with van der Waals surface area (Å²) >= 11 is 0. The molecule has 1 amide bonds. The standard InChI is InChI=1S/C13H20N2O/c1-2-3-4-9-15-12-7-8-14-10-11(12)5-6-13(15)16/h11-12,14H,4-10H2,1H3. The Morgan fingerprint density at radius 2 is 2.38 bits per heavy atom. The van der Waals surface area contributed by atoms with Gasteiger partial charge in [-0.3, -0.25) is 4.79 Å². The Balaban J connectivity index is 1.99. The molecule has 0 aromatic heterocycles. The molecule has 2 unspecified atom stereocenters. The molecule has 2 saturated heterocycles. The van der Waals surface area contributed by atoms with Gasteiger partial charge in [0.15, 0.2) is 0 Å². The lowest BCUT2D eigenvalue weighted by Gasteiger charge is -2.44. The van der Waals surface area contributed by atoms with Crippen LogP contribution in [0.1, 0.15) is 32.6 Å². The number of likely N-dealkylation sites (tertiary alicyclic amines) is 1. The zero-order valence-corrected chi connectivity index (χ0v) is 9.96. The molecule has 0 radical (unpaired) electrons. The summed E-state index contributed by atoms with van der Waals surface area (Å²) in [5.74, 6) is 6.95. The van der Waals surface area contributed by atoms with E-state index in [0.29, 0.717) is 17.9 Å². The molecule has 0 aliphatic carbocycles. The summed E-state index contributed by atoms with van der Waals surface area (Å²) < 4.78 is 0. The highest BCUT2D eigenvalue weighted by molar-refractivity contribution is 5.77. The lowest BCUT2D eigenvalue weighted by Crippen LogP contribution is -2.55. The van der Waals surface area contributed by atoms with Crippen LogP contribution in [-0.2, 0) is 4.79 Å². The van der Waals surface area contributed by atoms with Crippen LogP contribution in [0.5, 0.6) is 0 Å². The zero-order chi connectivity index (χ0) is 11.4. The molecule has 16 heavy (non-hydrogen) atoms. The summed E-state index contributed by atoms with van der Waals surface area (Å²) in [6.07, 6.45) is 3.71. The number of hydrogen-bond donors (Lipinski definition) is 1. The van der Waals surface area contributed by atoms with Crippen LogP contribution in [-0.4, -0.2) is 36.5 Å². The molecule has 2 aliphatic heterocycles. The van der Waals surface area contributed by atoms with E-state index in [4.69, 9.17) is 0 Å². The first kappa shape index (κ1) is 11.5. The summed E-state index contributed by atoms with van der Waals surface area (Å²) in [6.45, 7) is 4.80. The van der Waals surface area contributed by atoms with Gasteiger partial charge in [-0.1, -0.05) is 0 Å². The van der Waals surface area contributed by atoms with E-state index < -0.39 is 0 Å². The Morgan fingerprint density at radius 1 is 1.50 bits per heavy atom. The largest absolute Gasteiger partial charge is 0.338 e. The fourth-order valence-corrected chi connectivity index (χ4v) is 2.84. The summed E-state index contributed by atoms with van der Waals surface area (Å²) in [7, 11) is 0. The minimum Gasteiger partial charge on any atom is -0.338 e. The van der Waals surface area contributed by atoms with E-state index in [1.54, 1.807) is 0 Å². The molecule has 2 aliphatic rings. The molecule has 0 aromatic rings. The minimum atomic E-state index is 0.334. The van der Waals surface area contributed by atoms with Crippen molar-refractivity contribution >= 4 is 5.91 Å². The SMILES string of the molecule is CC#CCCN1C(=O)CCC2CNCCC21. The quantitative estimate of drug-likeness (QED) is 0.704. The van der Waals surface area contributed by atoms with E-state index in [9.17, 15) is 4.79 Å². The van der Waals surface area contributed by atoms with E-state index in [0.717, 1.165) is 45.3 Å². The summed E-state index contributed by atoms with van der Waals surface area (Å²) in [5, 5.41) is 3.42. The first-order chi connectivity index (χ1) is 7.83. The Morgan fingerprint density at radius 3 is 3.19 bits per heavy atom. The fraction of sp³-hybridized carbons (Fsp3) is 0.769. The van der Waals surface area contributed by atoms with Crippen LogP contribution in [0, 0.1) is 17.8 Å². The highest BCUT2D eigenvalue weighted by atomic mass is 16.2. The Hall–Kier alpha value is -1.01. The third kappa shape index (κ3) is 2.38. The molecule has 3 heteroatoms. The van der Waals surface area contributed by atoms with Crippen LogP contribution < -0.4 is 5.32 Å². The Bertz CT molecular complexity index is 316. The first-order valence-corrected chi connectivity index (χ1v) is 6.22. The van der Waals surface area contributed by atoms with Gasteiger partial charge in [0.1, 0.15) is 0 Å². The zero-order valence-electron chi connectivity index (χ0n) is 9.96. The maximum absolute atomic E-state index is 11.9. The number of carbonyl (C=O) groups excluding carboxylic acids is 1. The molecule has 0 saturated carbocycles. The van der Waals surface area contributed by atoms with E-state index in [1.807, 2.05) is 6.92 Å². The number of nitrogens with one attached hydrogen (secondary N) is 1. The van der Waals surface area contributed by atoms with E-state index >= 15 is 0 Å². The lowest BCUT2D eigenvalue weighted by molar-refractivity contribution is -0.139. The van der Waals surface area contributed by atoms with Gasteiger partial charge in [-0.25, -0.2) is 0 Å². The van der Waals surface area contributed by atoms with Crippen molar-refractivity contribution in [1.29, 1.82) is 0 Å². The van der Waals surface area contributed by atoms with Gasteiger partial charge in [-0.05, 0) is 38.8 Å². The molecule has 0 aromatic carbocycles. The second-order valence-corrected chi connectivity index (χ2v) is 4.62. The van der Waals surface area contributed by atoms with Crippen molar-refractivity contribution in [3.05, 3.63) is 0 Å². The van der Waals surface area contributed by atoms with Crippen molar-refractivity contribution in [2.75, 3.05) is 19.6 Å². The molecule has 1 N–H and O–H groups in total. The van der Waals surface area contributed by atoms with Crippen molar-refractivity contribution < 1.29 is 4.79 Å². The van der Waals surface area contributed by atoms with Gasteiger partial charge in [-0.2, -0.15) is 0 Å². The van der Waals surface area contributed by atoms with Crippen LogP contribution >= 0.6 is 0 Å². The number of amides is 1. The smallest absolute Gasteiger partial charge is 0.222 e. The van der Waals surface area contributed by atoms with Crippen LogP contribution in [0.15, 0.2) is 0 Å². The molecule has 3 nitrogen and oxygen atoms in total. The predicted molar refractivity (Wildman–Crippen MR) is 63.8 cm³/mol. The van der Waals surface area contributed by atoms with Gasteiger partial charge in [0.2, 0.25) is 5.91 Å². The molecule has 0 bridgehead atoms. The molecule has 2 fully saturated rings. The maximum atomic E-state index is 11.9. The lowest BCUT2D eigenvalue weighted by atomic mass is 9.84. The van der Waals surface area contributed by atoms with Crippen LogP contribution in [0.25, 0.3) is 0 Å². The number of nitrogens with zero attached hydrogens (tertiary/aromatic N) is 1. The number of piperidine rings is 2. The second kappa shape index (κ2) is 5.36. The third-order valence-corrected chi connectivity index (χ3v) is 3.67. The van der Waals surface area contributed by atoms with Gasteiger partial charge < -0.3 is 10.2 Å². The molecular formula is C13H20N2O. The molecule has 2 atom stereocenters. The normalized spacial score (nSPS) is 29.3. The number of hydrogen-bond acceptors (Lipinski definition) is 2. The summed E-state index contributed by atoms with van der Waals surface area (Å²) in [4.78, 5) is 14.0. The Kier molecular flexibility index (Phi) is 3.84. The predicted octanol–water partition coefficient (Wildman–Crippen LogP) is 1.00. The molecular weight excluding hydrogens is 200 g/mol. The number of carbonyl (C=O) groups is 1. The first-order valence-electron chi connectivity index (χ1n) is 6.22. The molecule has 0 spiro atoms. The highest BCUT2D eigenvalue weighted by Crippen LogP contribution is 2.28. The van der Waals surface area contributed by atoms with Gasteiger partial charge in [0, 0.05) is 25.4 Å². The molecule has 2 rings (SSSR count). The topological polar surface area (TPSA) is 32.3 Å². The van der Waals surface area contributed by atoms with Crippen molar-refractivity contribution in [2.24, 2.45) is 5.92 Å². The van der Waals surface area contributed by atoms with Gasteiger partial charge in [-0.15, -0.1) is 11.8 Å². The molecule has 88 valence electrons. The van der Waals surface area contributed by atoms with Crippen LogP contribution in [0.2, 0.25) is 0 Å². The van der Waals surface area contributed by atoms with Crippen molar-refractivity contribution in [3.63, 3.8) is 0 Å². The van der Waals surface area contributed by atoms with Crippen molar-refractivity contribution in [1.82, 2.24) is 10.2 Å². The summed E-state index contributed by atoms with van der Waals surface area (Å²) in [5.41, 5.74) is 0. The van der Waals surface area contributed by atoms with Gasteiger partial charge >= 0.3 is 0 Å². The van der Waals surface area contributed by atoms with Crippen molar-refractivity contribution in [2.45, 2.75) is 38.6 Å². The Labute approximate surface area is 97.6 Å². The third-order valence-electron chi connectivity index (χ3n) is 3.67. The monoisotopic (exact) mass is 220 g/mol. The highest BCUT2D eigenvalue weighted by Gasteiger charge is 2.36. The fourth-order valence-electron chi connectivity index (χ4n) is 2.84.